The smallest absolute Gasteiger partial charge is 0.245 e. The van der Waals surface area contributed by atoms with E-state index < -0.39 is 0 Å². The van der Waals surface area contributed by atoms with Crippen LogP contribution in [-0.4, -0.2) is 43.4 Å². The molecule has 0 saturated heterocycles. The van der Waals surface area contributed by atoms with Crippen molar-refractivity contribution in [3.63, 3.8) is 0 Å². The van der Waals surface area contributed by atoms with Gasteiger partial charge >= 0.3 is 0 Å². The molecule has 5 nitrogen and oxygen atoms in total. The molecule has 1 aliphatic heterocycles. The molecule has 7 heteroatoms. The van der Waals surface area contributed by atoms with Crippen LogP contribution in [0.1, 0.15) is 13.3 Å². The Morgan fingerprint density at radius 1 is 1.11 bits per heavy atom. The van der Waals surface area contributed by atoms with Crippen LogP contribution in [-0.2, 0) is 9.59 Å². The molecule has 0 bridgehead atoms. The molecule has 0 saturated carbocycles. The van der Waals surface area contributed by atoms with Crippen molar-refractivity contribution in [1.82, 2.24) is 10.2 Å². The lowest BCUT2D eigenvalue weighted by molar-refractivity contribution is -0.123. The van der Waals surface area contributed by atoms with Crippen LogP contribution >= 0.6 is 23.4 Å². The Hall–Kier alpha value is -2.02. The van der Waals surface area contributed by atoms with Crippen molar-refractivity contribution in [2.45, 2.75) is 23.1 Å². The van der Waals surface area contributed by atoms with Gasteiger partial charge in [-0.25, -0.2) is 0 Å². The van der Waals surface area contributed by atoms with E-state index in [1.54, 1.807) is 28.6 Å². The standard InChI is InChI=1S/C20H22ClN3O2S/c1-3-10-22-19(25)12-23(2)13-20(26)24-15-6-4-5-7-17(15)27-18-9-8-14(21)11-16(18)24/h4-9,11H,3,10,12-13H2,1-2H3,(H,22,25). The number of carbonyl (C=O) groups is 2. The number of nitrogens with one attached hydrogen (secondary N) is 1. The van der Waals surface area contributed by atoms with Gasteiger partial charge in [-0.15, -0.1) is 0 Å². The summed E-state index contributed by atoms with van der Waals surface area (Å²) in [6, 6.07) is 13.4. The third-order valence-corrected chi connectivity index (χ3v) is 5.49. The van der Waals surface area contributed by atoms with Gasteiger partial charge in [0.1, 0.15) is 0 Å². The summed E-state index contributed by atoms with van der Waals surface area (Å²) in [5.41, 5.74) is 1.62. The molecule has 2 aromatic rings. The minimum absolute atomic E-state index is 0.0785. The second-order valence-electron chi connectivity index (χ2n) is 6.43. The van der Waals surface area contributed by atoms with Crippen LogP contribution in [0.2, 0.25) is 5.02 Å². The first kappa shape index (κ1) is 19.7. The van der Waals surface area contributed by atoms with Crippen molar-refractivity contribution in [3.05, 3.63) is 47.5 Å². The summed E-state index contributed by atoms with van der Waals surface area (Å²) >= 11 is 7.81. The van der Waals surface area contributed by atoms with Gasteiger partial charge in [0.25, 0.3) is 0 Å². The maximum atomic E-state index is 13.1. The van der Waals surface area contributed by atoms with E-state index >= 15 is 0 Å². The largest absolute Gasteiger partial charge is 0.355 e. The molecule has 2 aromatic carbocycles. The quantitative estimate of drug-likeness (QED) is 0.794. The number of benzene rings is 2. The highest BCUT2D eigenvalue weighted by Gasteiger charge is 2.29. The molecule has 1 N–H and O–H groups in total. The molecule has 1 heterocycles. The van der Waals surface area contributed by atoms with E-state index in [4.69, 9.17) is 11.6 Å². The maximum absolute atomic E-state index is 13.1. The second kappa shape index (κ2) is 8.78. The molecule has 0 fully saturated rings. The zero-order chi connectivity index (χ0) is 19.4. The summed E-state index contributed by atoms with van der Waals surface area (Å²) in [5.74, 6) is -0.178. The first-order valence-electron chi connectivity index (χ1n) is 8.84. The number of hydrogen-bond donors (Lipinski definition) is 1. The number of carbonyl (C=O) groups excluding carboxylic acids is 2. The maximum Gasteiger partial charge on any atom is 0.245 e. The van der Waals surface area contributed by atoms with Crippen LogP contribution in [0.15, 0.2) is 52.3 Å². The number of likely N-dealkylation sites (N-methyl/N-ethyl adjacent to an activating group) is 1. The molecule has 27 heavy (non-hydrogen) atoms. The van der Waals surface area contributed by atoms with Gasteiger partial charge in [-0.3, -0.25) is 19.4 Å². The van der Waals surface area contributed by atoms with Gasteiger partial charge in [0.05, 0.1) is 24.5 Å². The minimum Gasteiger partial charge on any atom is -0.355 e. The molecule has 0 aliphatic carbocycles. The van der Waals surface area contributed by atoms with Crippen molar-refractivity contribution < 1.29 is 9.59 Å². The van der Waals surface area contributed by atoms with E-state index in [2.05, 4.69) is 5.32 Å². The summed E-state index contributed by atoms with van der Waals surface area (Å²) in [7, 11) is 1.77. The van der Waals surface area contributed by atoms with E-state index in [0.717, 1.165) is 27.6 Å². The number of fused-ring (bicyclic) bond motifs is 2. The lowest BCUT2D eigenvalue weighted by atomic mass is 10.2. The number of nitrogens with zero attached hydrogens (tertiary/aromatic N) is 2. The Kier molecular flexibility index (Phi) is 6.42. The molecule has 0 radical (unpaired) electrons. The second-order valence-corrected chi connectivity index (χ2v) is 7.95. The predicted octanol–water partition coefficient (Wildman–Crippen LogP) is 3.93. The van der Waals surface area contributed by atoms with E-state index in [1.165, 1.54) is 0 Å². The third kappa shape index (κ3) is 4.64. The summed E-state index contributed by atoms with van der Waals surface area (Å²) in [4.78, 5) is 30.5. The monoisotopic (exact) mass is 403 g/mol. The van der Waals surface area contributed by atoms with Gasteiger partial charge in [-0.2, -0.15) is 0 Å². The normalized spacial score (nSPS) is 12.5. The average Bonchev–Trinajstić information content (AvgIpc) is 2.64. The van der Waals surface area contributed by atoms with Crippen LogP contribution < -0.4 is 10.2 Å². The predicted molar refractivity (Wildman–Crippen MR) is 110 cm³/mol. The fraction of sp³-hybridized carbons (Fsp3) is 0.300. The number of hydrogen-bond acceptors (Lipinski definition) is 4. The summed E-state index contributed by atoms with van der Waals surface area (Å²) in [6.07, 6.45) is 0.883. The van der Waals surface area contributed by atoms with Gasteiger partial charge in [-0.05, 0) is 43.8 Å². The molecule has 142 valence electrons. The van der Waals surface area contributed by atoms with Crippen molar-refractivity contribution in [3.8, 4) is 0 Å². The lowest BCUT2D eigenvalue weighted by Crippen LogP contribution is -2.42. The van der Waals surface area contributed by atoms with Crippen molar-refractivity contribution in [2.24, 2.45) is 0 Å². The number of amides is 2. The van der Waals surface area contributed by atoms with Crippen molar-refractivity contribution in [1.29, 1.82) is 0 Å². The number of para-hydroxylation sites is 1. The Balaban J connectivity index is 1.82. The Morgan fingerprint density at radius 2 is 1.85 bits per heavy atom. The van der Waals surface area contributed by atoms with E-state index in [9.17, 15) is 9.59 Å². The number of rotatable bonds is 6. The highest BCUT2D eigenvalue weighted by molar-refractivity contribution is 7.99. The number of halogens is 1. The molecular weight excluding hydrogens is 382 g/mol. The zero-order valence-electron chi connectivity index (χ0n) is 15.4. The topological polar surface area (TPSA) is 52.7 Å². The van der Waals surface area contributed by atoms with Crippen LogP contribution in [0, 0.1) is 0 Å². The zero-order valence-corrected chi connectivity index (χ0v) is 16.9. The van der Waals surface area contributed by atoms with Crippen LogP contribution in [0.4, 0.5) is 11.4 Å². The first-order valence-corrected chi connectivity index (χ1v) is 10.0. The summed E-state index contributed by atoms with van der Waals surface area (Å²) < 4.78 is 0. The van der Waals surface area contributed by atoms with Gasteiger partial charge in [0.2, 0.25) is 11.8 Å². The fourth-order valence-corrected chi connectivity index (χ4v) is 4.12. The summed E-state index contributed by atoms with van der Waals surface area (Å²) in [6.45, 7) is 2.95. The van der Waals surface area contributed by atoms with Gasteiger partial charge in [0, 0.05) is 21.4 Å². The first-order chi connectivity index (χ1) is 13.0. The van der Waals surface area contributed by atoms with Crippen LogP contribution in [0.25, 0.3) is 0 Å². The van der Waals surface area contributed by atoms with Crippen LogP contribution in [0.3, 0.4) is 0 Å². The lowest BCUT2D eigenvalue weighted by Gasteiger charge is -2.32. The molecule has 1 aliphatic rings. The molecule has 0 spiro atoms. The third-order valence-electron chi connectivity index (χ3n) is 4.13. The van der Waals surface area contributed by atoms with Crippen molar-refractivity contribution >= 4 is 46.6 Å². The minimum atomic E-state index is -0.0999. The molecule has 0 unspecified atom stereocenters. The van der Waals surface area contributed by atoms with Crippen molar-refractivity contribution in [2.75, 3.05) is 31.6 Å². The fourth-order valence-electron chi connectivity index (χ4n) is 2.92. The highest BCUT2D eigenvalue weighted by atomic mass is 35.5. The van der Waals surface area contributed by atoms with Gasteiger partial charge < -0.3 is 5.32 Å². The molecule has 0 atom stereocenters. The molecule has 3 rings (SSSR count). The molecule has 0 aromatic heterocycles. The van der Waals surface area contributed by atoms with E-state index in [0.29, 0.717) is 11.6 Å². The SMILES string of the molecule is CCCNC(=O)CN(C)CC(=O)N1c2ccccc2Sc2ccc(Cl)cc21. The Morgan fingerprint density at radius 3 is 2.63 bits per heavy atom. The summed E-state index contributed by atoms with van der Waals surface area (Å²) in [5, 5.41) is 3.41. The molecular formula is C20H22ClN3O2S. The average molecular weight is 404 g/mol. The van der Waals surface area contributed by atoms with Gasteiger partial charge in [-0.1, -0.05) is 42.4 Å². The van der Waals surface area contributed by atoms with E-state index in [-0.39, 0.29) is 24.9 Å². The Bertz CT molecular complexity index is 859. The van der Waals surface area contributed by atoms with E-state index in [1.807, 2.05) is 49.4 Å². The van der Waals surface area contributed by atoms with Crippen LogP contribution in [0.5, 0.6) is 0 Å². The van der Waals surface area contributed by atoms with Gasteiger partial charge in [0.15, 0.2) is 0 Å². The number of anilines is 2. The Labute approximate surface area is 168 Å². The molecule has 2 amide bonds. The highest BCUT2D eigenvalue weighted by Crippen LogP contribution is 2.48.